The second-order valence-electron chi connectivity index (χ2n) is 5.57. The van der Waals surface area contributed by atoms with Gasteiger partial charge in [0.25, 0.3) is 0 Å². The van der Waals surface area contributed by atoms with Gasteiger partial charge < -0.3 is 10.0 Å². The van der Waals surface area contributed by atoms with Gasteiger partial charge in [0.05, 0.1) is 6.61 Å². The summed E-state index contributed by atoms with van der Waals surface area (Å²) in [5.41, 5.74) is 0.945. The van der Waals surface area contributed by atoms with Crippen LogP contribution in [0.5, 0.6) is 0 Å². The summed E-state index contributed by atoms with van der Waals surface area (Å²) in [4.78, 5) is 6.79. The maximum Gasteiger partial charge on any atom is 0.134 e. The molecule has 0 saturated carbocycles. The molecule has 1 atom stereocenters. The van der Waals surface area contributed by atoms with Crippen molar-refractivity contribution in [3.05, 3.63) is 23.9 Å². The van der Waals surface area contributed by atoms with Crippen molar-refractivity contribution in [2.24, 2.45) is 11.8 Å². The van der Waals surface area contributed by atoms with Crippen LogP contribution in [0.3, 0.4) is 0 Å². The molecule has 3 nitrogen and oxygen atoms in total. The van der Waals surface area contributed by atoms with Crippen LogP contribution in [0.15, 0.2) is 18.3 Å². The fourth-order valence-electron chi connectivity index (χ4n) is 2.84. The van der Waals surface area contributed by atoms with E-state index in [2.05, 4.69) is 23.7 Å². The number of rotatable bonds is 3. The number of anilines is 1. The minimum absolute atomic E-state index is 0.0767. The Kier molecular flexibility index (Phi) is 4.59. The van der Waals surface area contributed by atoms with Gasteiger partial charge in [-0.15, -0.1) is 0 Å². The minimum atomic E-state index is 0.0767. The topological polar surface area (TPSA) is 36.4 Å². The van der Waals surface area contributed by atoms with Crippen molar-refractivity contribution < 1.29 is 5.11 Å². The molecule has 0 aliphatic carbocycles. The van der Waals surface area contributed by atoms with E-state index in [-0.39, 0.29) is 6.61 Å². The van der Waals surface area contributed by atoms with Gasteiger partial charge in [0.15, 0.2) is 0 Å². The Hall–Kier alpha value is -1.09. The first-order chi connectivity index (χ1) is 8.72. The molecule has 2 rings (SSSR count). The molecule has 1 unspecified atom stereocenters. The zero-order valence-corrected chi connectivity index (χ0v) is 11.5. The number of nitrogens with zero attached hydrogens (tertiary/aromatic N) is 2. The lowest BCUT2D eigenvalue weighted by Gasteiger charge is -2.24. The first-order valence-electron chi connectivity index (χ1n) is 7.02. The Balaban J connectivity index is 2.10. The van der Waals surface area contributed by atoms with Crippen molar-refractivity contribution in [3.63, 3.8) is 0 Å². The first-order valence-corrected chi connectivity index (χ1v) is 7.02. The normalized spacial score (nSPS) is 21.1. The number of hydrogen-bond acceptors (Lipinski definition) is 3. The molecule has 1 N–H and O–H groups in total. The van der Waals surface area contributed by atoms with Crippen LogP contribution < -0.4 is 4.90 Å². The molecule has 0 aromatic carbocycles. The predicted octanol–water partition coefficient (Wildman–Crippen LogP) is 2.84. The summed E-state index contributed by atoms with van der Waals surface area (Å²) >= 11 is 0. The average Bonchev–Trinajstić information content (AvgIpc) is 2.64. The molecule has 0 bridgehead atoms. The van der Waals surface area contributed by atoms with E-state index in [1.54, 1.807) is 0 Å². The highest BCUT2D eigenvalue weighted by Gasteiger charge is 2.21. The van der Waals surface area contributed by atoms with Crippen LogP contribution in [0.2, 0.25) is 0 Å². The zero-order valence-electron chi connectivity index (χ0n) is 11.5. The fourth-order valence-corrected chi connectivity index (χ4v) is 2.84. The molecule has 1 aromatic heterocycles. The lowest BCUT2D eigenvalue weighted by molar-refractivity contribution is 0.281. The second-order valence-corrected chi connectivity index (χ2v) is 5.57. The summed E-state index contributed by atoms with van der Waals surface area (Å²) in [6.07, 6.45) is 5.60. The van der Waals surface area contributed by atoms with Crippen LogP contribution in [-0.2, 0) is 6.61 Å². The predicted molar refractivity (Wildman–Crippen MR) is 74.6 cm³/mol. The number of aromatic nitrogens is 1. The highest BCUT2D eigenvalue weighted by Crippen LogP contribution is 2.27. The van der Waals surface area contributed by atoms with E-state index < -0.39 is 0 Å². The minimum Gasteiger partial charge on any atom is -0.392 e. The van der Waals surface area contributed by atoms with Crippen LogP contribution in [0.25, 0.3) is 0 Å². The van der Waals surface area contributed by atoms with E-state index in [4.69, 9.17) is 0 Å². The summed E-state index contributed by atoms with van der Waals surface area (Å²) in [5, 5.41) is 9.39. The Labute approximate surface area is 110 Å². The maximum atomic E-state index is 9.39. The largest absolute Gasteiger partial charge is 0.392 e. The van der Waals surface area contributed by atoms with Crippen molar-refractivity contribution in [1.82, 2.24) is 4.98 Å². The molecule has 1 saturated heterocycles. The van der Waals surface area contributed by atoms with Crippen molar-refractivity contribution in [1.29, 1.82) is 0 Å². The summed E-state index contributed by atoms with van der Waals surface area (Å²) in [5.74, 6) is 2.58. The molecule has 1 fully saturated rings. The number of pyridine rings is 1. The third-order valence-electron chi connectivity index (χ3n) is 4.05. The highest BCUT2D eigenvalue weighted by atomic mass is 16.3. The standard InChI is InChI=1S/C15H24N2O/c1-12(2)13-6-4-9-17(10-7-13)15-14(11-18)5-3-8-16-15/h3,5,8,12-13,18H,4,6-7,9-11H2,1-2H3. The van der Waals surface area contributed by atoms with Crippen molar-refractivity contribution in [2.45, 2.75) is 39.7 Å². The van der Waals surface area contributed by atoms with E-state index in [0.29, 0.717) is 0 Å². The van der Waals surface area contributed by atoms with Gasteiger partial charge in [-0.3, -0.25) is 0 Å². The lowest BCUT2D eigenvalue weighted by atomic mass is 9.89. The molecule has 1 aliphatic rings. The van der Waals surface area contributed by atoms with Crippen LogP contribution >= 0.6 is 0 Å². The molecule has 2 heterocycles. The third kappa shape index (κ3) is 3.02. The van der Waals surface area contributed by atoms with Gasteiger partial charge in [-0.2, -0.15) is 0 Å². The first kappa shape index (κ1) is 13.3. The van der Waals surface area contributed by atoms with E-state index in [1.165, 1.54) is 19.3 Å². The van der Waals surface area contributed by atoms with Gasteiger partial charge in [-0.05, 0) is 37.2 Å². The lowest BCUT2D eigenvalue weighted by Crippen LogP contribution is -2.26. The van der Waals surface area contributed by atoms with Crippen molar-refractivity contribution >= 4 is 5.82 Å². The highest BCUT2D eigenvalue weighted by molar-refractivity contribution is 5.46. The van der Waals surface area contributed by atoms with Crippen LogP contribution in [0.1, 0.15) is 38.7 Å². The molecule has 1 aromatic rings. The number of aliphatic hydroxyl groups is 1. The second kappa shape index (κ2) is 6.19. The van der Waals surface area contributed by atoms with E-state index in [0.717, 1.165) is 36.3 Å². The molecule has 18 heavy (non-hydrogen) atoms. The van der Waals surface area contributed by atoms with Crippen molar-refractivity contribution in [2.75, 3.05) is 18.0 Å². The van der Waals surface area contributed by atoms with Gasteiger partial charge in [0.2, 0.25) is 0 Å². The Morgan fingerprint density at radius 1 is 1.39 bits per heavy atom. The molecule has 1 aliphatic heterocycles. The average molecular weight is 248 g/mol. The quantitative estimate of drug-likeness (QED) is 0.893. The van der Waals surface area contributed by atoms with Gasteiger partial charge in [0.1, 0.15) is 5.82 Å². The van der Waals surface area contributed by atoms with Gasteiger partial charge >= 0.3 is 0 Å². The molecule has 0 amide bonds. The SMILES string of the molecule is CC(C)C1CCCN(c2ncccc2CO)CC1. The smallest absolute Gasteiger partial charge is 0.134 e. The van der Waals surface area contributed by atoms with Gasteiger partial charge in [-0.1, -0.05) is 19.9 Å². The van der Waals surface area contributed by atoms with E-state index in [1.807, 2.05) is 18.3 Å². The molecular formula is C15H24N2O. The van der Waals surface area contributed by atoms with Crippen LogP contribution in [0.4, 0.5) is 5.82 Å². The molecular weight excluding hydrogens is 224 g/mol. The molecule has 0 spiro atoms. The Bertz CT molecular complexity index is 379. The Morgan fingerprint density at radius 2 is 2.22 bits per heavy atom. The summed E-state index contributed by atoms with van der Waals surface area (Å²) < 4.78 is 0. The van der Waals surface area contributed by atoms with E-state index in [9.17, 15) is 5.11 Å². The molecule has 0 radical (unpaired) electrons. The monoisotopic (exact) mass is 248 g/mol. The van der Waals surface area contributed by atoms with Gasteiger partial charge in [-0.25, -0.2) is 4.98 Å². The number of aliphatic hydroxyl groups excluding tert-OH is 1. The maximum absolute atomic E-state index is 9.39. The molecule has 3 heteroatoms. The van der Waals surface area contributed by atoms with Crippen LogP contribution in [-0.4, -0.2) is 23.2 Å². The zero-order chi connectivity index (χ0) is 13.0. The molecule has 100 valence electrons. The Morgan fingerprint density at radius 3 is 2.94 bits per heavy atom. The third-order valence-corrected chi connectivity index (χ3v) is 4.05. The summed E-state index contributed by atoms with van der Waals surface area (Å²) in [7, 11) is 0. The fraction of sp³-hybridized carbons (Fsp3) is 0.667. The summed E-state index contributed by atoms with van der Waals surface area (Å²) in [6.45, 7) is 6.84. The van der Waals surface area contributed by atoms with E-state index >= 15 is 0 Å². The summed E-state index contributed by atoms with van der Waals surface area (Å²) in [6, 6.07) is 3.86. The number of hydrogen-bond donors (Lipinski definition) is 1. The van der Waals surface area contributed by atoms with Crippen molar-refractivity contribution in [3.8, 4) is 0 Å². The van der Waals surface area contributed by atoms with Crippen LogP contribution in [0, 0.1) is 11.8 Å². The van der Waals surface area contributed by atoms with Gasteiger partial charge in [0, 0.05) is 24.8 Å².